The van der Waals surface area contributed by atoms with Crippen LogP contribution in [0.1, 0.15) is 33.6 Å². The molecule has 5 nitrogen and oxygen atoms in total. The van der Waals surface area contributed by atoms with Gasteiger partial charge in [0.2, 0.25) is 0 Å². The number of likely N-dealkylation sites (N-methyl/N-ethyl adjacent to an activating group) is 1. The van der Waals surface area contributed by atoms with E-state index in [1.807, 2.05) is 13.8 Å². The molecule has 20 heavy (non-hydrogen) atoms. The summed E-state index contributed by atoms with van der Waals surface area (Å²) < 4.78 is 10.7. The van der Waals surface area contributed by atoms with Gasteiger partial charge in [-0.05, 0) is 33.2 Å². The van der Waals surface area contributed by atoms with Crippen LogP contribution in [0.15, 0.2) is 0 Å². The molecule has 0 amide bonds. The molecule has 120 valence electrons. The van der Waals surface area contributed by atoms with Crippen molar-refractivity contribution in [3.05, 3.63) is 0 Å². The number of ether oxygens (including phenoxy) is 2. The molecule has 1 fully saturated rings. The second-order valence-electron chi connectivity index (χ2n) is 5.71. The minimum atomic E-state index is -0.440. The molecule has 1 aliphatic rings. The van der Waals surface area contributed by atoms with E-state index in [-0.39, 0.29) is 6.10 Å². The van der Waals surface area contributed by atoms with Crippen molar-refractivity contribution in [2.45, 2.75) is 51.9 Å². The first-order valence-electron chi connectivity index (χ1n) is 7.95. The highest BCUT2D eigenvalue weighted by atomic mass is 16.5. The molecular formula is C15H32N2O3. The van der Waals surface area contributed by atoms with Gasteiger partial charge in [0.25, 0.3) is 0 Å². The third-order valence-electron chi connectivity index (χ3n) is 3.41. The maximum absolute atomic E-state index is 9.76. The molecule has 2 N–H and O–H groups in total. The predicted octanol–water partition coefficient (Wildman–Crippen LogP) is 0.863. The van der Waals surface area contributed by atoms with Crippen molar-refractivity contribution in [3.8, 4) is 0 Å². The average molecular weight is 288 g/mol. The highest BCUT2D eigenvalue weighted by Crippen LogP contribution is 2.25. The number of nitrogens with zero attached hydrogens (tertiary/aromatic N) is 1. The first kappa shape index (κ1) is 17.9. The van der Waals surface area contributed by atoms with Gasteiger partial charge in [-0.3, -0.25) is 4.90 Å². The molecule has 0 saturated heterocycles. The Balaban J connectivity index is 1.88. The van der Waals surface area contributed by atoms with E-state index in [4.69, 9.17) is 9.47 Å². The van der Waals surface area contributed by atoms with E-state index in [9.17, 15) is 5.11 Å². The Bertz CT molecular complexity index is 235. The van der Waals surface area contributed by atoms with E-state index >= 15 is 0 Å². The lowest BCUT2D eigenvalue weighted by Crippen LogP contribution is -2.37. The van der Waals surface area contributed by atoms with Crippen LogP contribution in [-0.4, -0.2) is 74.3 Å². The molecule has 0 spiro atoms. The van der Waals surface area contributed by atoms with Crippen molar-refractivity contribution in [3.63, 3.8) is 0 Å². The molecule has 0 bridgehead atoms. The zero-order valence-electron chi connectivity index (χ0n) is 13.3. The molecule has 0 aliphatic heterocycles. The number of aliphatic hydroxyl groups is 1. The van der Waals surface area contributed by atoms with Crippen molar-refractivity contribution < 1.29 is 14.6 Å². The second-order valence-corrected chi connectivity index (χ2v) is 5.71. The number of rotatable bonds is 13. The van der Waals surface area contributed by atoms with Crippen LogP contribution in [0.3, 0.4) is 0 Å². The summed E-state index contributed by atoms with van der Waals surface area (Å²) in [6.45, 7) is 11.4. The van der Waals surface area contributed by atoms with Crippen molar-refractivity contribution in [2.24, 2.45) is 0 Å². The Labute approximate surface area is 123 Å². The Morgan fingerprint density at radius 2 is 2.05 bits per heavy atom. The van der Waals surface area contributed by atoms with Gasteiger partial charge in [0, 0.05) is 25.7 Å². The predicted molar refractivity (Wildman–Crippen MR) is 81.1 cm³/mol. The first-order chi connectivity index (χ1) is 9.63. The molecule has 5 heteroatoms. The smallest absolute Gasteiger partial charge is 0.0897 e. The molecule has 0 aromatic carbocycles. The molecule has 0 aromatic heterocycles. The lowest BCUT2D eigenvalue weighted by Gasteiger charge is -2.20. The molecule has 1 unspecified atom stereocenters. The summed E-state index contributed by atoms with van der Waals surface area (Å²) in [6, 6.07) is 0.816. The Hall–Kier alpha value is -0.200. The van der Waals surface area contributed by atoms with Gasteiger partial charge >= 0.3 is 0 Å². The third kappa shape index (κ3) is 8.87. The third-order valence-corrected chi connectivity index (χ3v) is 3.41. The summed E-state index contributed by atoms with van der Waals surface area (Å²) >= 11 is 0. The van der Waals surface area contributed by atoms with Crippen molar-refractivity contribution in [1.82, 2.24) is 10.2 Å². The average Bonchev–Trinajstić information content (AvgIpc) is 3.22. The Morgan fingerprint density at radius 1 is 1.30 bits per heavy atom. The zero-order valence-corrected chi connectivity index (χ0v) is 13.3. The summed E-state index contributed by atoms with van der Waals surface area (Å²) in [5.41, 5.74) is 0. The fourth-order valence-electron chi connectivity index (χ4n) is 2.15. The fourth-order valence-corrected chi connectivity index (χ4v) is 2.15. The highest BCUT2D eigenvalue weighted by molar-refractivity contribution is 4.84. The SMILES string of the molecule is CCN(CCNCC(O)COCCOC(C)C)C1CC1. The maximum atomic E-state index is 9.76. The maximum Gasteiger partial charge on any atom is 0.0897 e. The van der Waals surface area contributed by atoms with Gasteiger partial charge in [0.1, 0.15) is 0 Å². The van der Waals surface area contributed by atoms with Gasteiger partial charge in [-0.15, -0.1) is 0 Å². The number of aliphatic hydroxyl groups excluding tert-OH is 1. The van der Waals surface area contributed by atoms with Gasteiger partial charge in [-0.1, -0.05) is 6.92 Å². The van der Waals surface area contributed by atoms with E-state index in [1.165, 1.54) is 12.8 Å². The standard InChI is InChI=1S/C15H32N2O3/c1-4-17(14-5-6-14)8-7-16-11-15(18)12-19-9-10-20-13(2)3/h13-16,18H,4-12H2,1-3H3. The largest absolute Gasteiger partial charge is 0.389 e. The topological polar surface area (TPSA) is 54.0 Å². The molecule has 1 atom stereocenters. The lowest BCUT2D eigenvalue weighted by atomic mass is 10.3. The van der Waals surface area contributed by atoms with E-state index in [2.05, 4.69) is 17.1 Å². The van der Waals surface area contributed by atoms with Gasteiger partial charge in [0.15, 0.2) is 0 Å². The highest BCUT2D eigenvalue weighted by Gasteiger charge is 2.26. The summed E-state index contributed by atoms with van der Waals surface area (Å²) in [5, 5.41) is 13.0. The summed E-state index contributed by atoms with van der Waals surface area (Å²) in [6.07, 6.45) is 2.49. The number of nitrogens with one attached hydrogen (secondary N) is 1. The monoisotopic (exact) mass is 288 g/mol. The molecule has 0 aromatic rings. The Kier molecular flexibility index (Phi) is 9.39. The quantitative estimate of drug-likeness (QED) is 0.492. The normalized spacial score (nSPS) is 17.1. The first-order valence-corrected chi connectivity index (χ1v) is 7.95. The summed E-state index contributed by atoms with van der Waals surface area (Å²) in [5.74, 6) is 0. The molecule has 1 saturated carbocycles. The van der Waals surface area contributed by atoms with E-state index in [1.54, 1.807) is 0 Å². The van der Waals surface area contributed by atoms with Crippen LogP contribution in [0.4, 0.5) is 0 Å². The minimum absolute atomic E-state index is 0.234. The van der Waals surface area contributed by atoms with Crippen LogP contribution in [0.2, 0.25) is 0 Å². The van der Waals surface area contributed by atoms with Crippen molar-refractivity contribution in [2.75, 3.05) is 46.0 Å². The van der Waals surface area contributed by atoms with Crippen LogP contribution < -0.4 is 5.32 Å². The molecule has 1 aliphatic carbocycles. The van der Waals surface area contributed by atoms with Crippen LogP contribution >= 0.6 is 0 Å². The van der Waals surface area contributed by atoms with Crippen LogP contribution in [0.5, 0.6) is 0 Å². The van der Waals surface area contributed by atoms with Gasteiger partial charge in [-0.25, -0.2) is 0 Å². The zero-order chi connectivity index (χ0) is 14.8. The molecule has 0 heterocycles. The fraction of sp³-hybridized carbons (Fsp3) is 1.00. The lowest BCUT2D eigenvalue weighted by molar-refractivity contribution is -0.01000. The number of hydrogen-bond donors (Lipinski definition) is 2. The molecule has 1 rings (SSSR count). The van der Waals surface area contributed by atoms with Gasteiger partial charge < -0.3 is 19.9 Å². The summed E-state index contributed by atoms with van der Waals surface area (Å²) in [4.78, 5) is 2.50. The Morgan fingerprint density at radius 3 is 2.65 bits per heavy atom. The van der Waals surface area contributed by atoms with Crippen LogP contribution in [0.25, 0.3) is 0 Å². The van der Waals surface area contributed by atoms with Gasteiger partial charge in [-0.2, -0.15) is 0 Å². The van der Waals surface area contributed by atoms with Crippen molar-refractivity contribution in [1.29, 1.82) is 0 Å². The van der Waals surface area contributed by atoms with Crippen molar-refractivity contribution >= 4 is 0 Å². The number of hydrogen-bond acceptors (Lipinski definition) is 5. The molecule has 0 radical (unpaired) electrons. The van der Waals surface area contributed by atoms with Gasteiger partial charge in [0.05, 0.1) is 32.0 Å². The van der Waals surface area contributed by atoms with E-state index < -0.39 is 6.10 Å². The molecular weight excluding hydrogens is 256 g/mol. The van der Waals surface area contributed by atoms with Crippen LogP contribution in [0, 0.1) is 0 Å². The van der Waals surface area contributed by atoms with E-state index in [0.29, 0.717) is 26.4 Å². The van der Waals surface area contributed by atoms with Crippen LogP contribution in [-0.2, 0) is 9.47 Å². The summed E-state index contributed by atoms with van der Waals surface area (Å²) in [7, 11) is 0. The van der Waals surface area contributed by atoms with E-state index in [0.717, 1.165) is 25.7 Å². The second kappa shape index (κ2) is 10.5. The minimum Gasteiger partial charge on any atom is -0.389 e.